The zero-order valence-electron chi connectivity index (χ0n) is 16.6. The third-order valence-corrected chi connectivity index (χ3v) is 7.33. The molecule has 1 N–H and O–H groups in total. The molecular formula is C18H29N5O3S. The van der Waals surface area contributed by atoms with Crippen molar-refractivity contribution in [1.82, 2.24) is 23.9 Å². The second-order valence-corrected chi connectivity index (χ2v) is 9.77. The second-order valence-electron chi connectivity index (χ2n) is 7.89. The maximum atomic E-state index is 13.4. The van der Waals surface area contributed by atoms with Crippen molar-refractivity contribution in [1.29, 1.82) is 0 Å². The zero-order valence-corrected chi connectivity index (χ0v) is 17.4. The van der Waals surface area contributed by atoms with Gasteiger partial charge < -0.3 is 5.11 Å². The number of sulfonamides is 1. The van der Waals surface area contributed by atoms with Crippen LogP contribution in [0.5, 0.6) is 0 Å². The van der Waals surface area contributed by atoms with E-state index >= 15 is 0 Å². The highest BCUT2D eigenvalue weighted by Gasteiger charge is 2.42. The Kier molecular flexibility index (Phi) is 5.47. The molecule has 9 heteroatoms. The second kappa shape index (κ2) is 7.37. The van der Waals surface area contributed by atoms with E-state index in [0.717, 1.165) is 5.56 Å². The Morgan fingerprint density at radius 1 is 1.30 bits per heavy atom. The standard InChI is InChI=1S/C18H29N5O3S/c1-12(2)7-23-14(4)18(13(3)20-23)27(25,26)22-9-16(11-24)17(10-22)15-6-19-21(5)8-15/h6,8,12,16-17,24H,7,9-11H2,1-5H3/t16-,17-/m0/s1. The highest BCUT2D eigenvalue weighted by atomic mass is 32.2. The highest BCUT2D eigenvalue weighted by Crippen LogP contribution is 2.36. The van der Waals surface area contributed by atoms with Gasteiger partial charge in [-0.15, -0.1) is 0 Å². The molecule has 0 aliphatic carbocycles. The number of aryl methyl sites for hydroxylation is 2. The summed E-state index contributed by atoms with van der Waals surface area (Å²) in [7, 11) is -1.85. The van der Waals surface area contributed by atoms with Crippen LogP contribution in [0.1, 0.15) is 36.7 Å². The molecule has 0 aromatic carbocycles. The van der Waals surface area contributed by atoms with Gasteiger partial charge in [0, 0.05) is 51.3 Å². The topological polar surface area (TPSA) is 93.2 Å². The predicted octanol–water partition coefficient (Wildman–Crippen LogP) is 1.29. The summed E-state index contributed by atoms with van der Waals surface area (Å²) in [5.41, 5.74) is 2.16. The van der Waals surface area contributed by atoms with E-state index in [0.29, 0.717) is 41.8 Å². The summed E-state index contributed by atoms with van der Waals surface area (Å²) >= 11 is 0. The normalized spacial score (nSPS) is 21.4. The number of aliphatic hydroxyl groups excluding tert-OH is 1. The summed E-state index contributed by atoms with van der Waals surface area (Å²) in [4.78, 5) is 0.298. The summed E-state index contributed by atoms with van der Waals surface area (Å²) in [6.45, 7) is 8.98. The largest absolute Gasteiger partial charge is 0.396 e. The third-order valence-electron chi connectivity index (χ3n) is 5.25. The van der Waals surface area contributed by atoms with Crippen molar-refractivity contribution in [2.75, 3.05) is 19.7 Å². The Morgan fingerprint density at radius 3 is 2.56 bits per heavy atom. The van der Waals surface area contributed by atoms with E-state index in [2.05, 4.69) is 24.0 Å². The lowest BCUT2D eigenvalue weighted by Gasteiger charge is -2.17. The Morgan fingerprint density at radius 2 is 2.00 bits per heavy atom. The first-order chi connectivity index (χ1) is 12.6. The maximum Gasteiger partial charge on any atom is 0.246 e. The van der Waals surface area contributed by atoms with Gasteiger partial charge in [0.2, 0.25) is 10.0 Å². The molecule has 1 aliphatic rings. The molecule has 0 amide bonds. The molecule has 2 aromatic rings. The number of rotatable bonds is 6. The van der Waals surface area contributed by atoms with Crippen molar-refractivity contribution in [3.63, 3.8) is 0 Å². The van der Waals surface area contributed by atoms with Crippen LogP contribution in [0.25, 0.3) is 0 Å². The van der Waals surface area contributed by atoms with Crippen LogP contribution in [0.4, 0.5) is 0 Å². The molecule has 1 fully saturated rings. The molecule has 2 aromatic heterocycles. The lowest BCUT2D eigenvalue weighted by Crippen LogP contribution is -2.30. The fourth-order valence-electron chi connectivity index (χ4n) is 3.93. The molecule has 8 nitrogen and oxygen atoms in total. The average molecular weight is 396 g/mol. The van der Waals surface area contributed by atoms with Crippen LogP contribution in [0, 0.1) is 25.7 Å². The minimum Gasteiger partial charge on any atom is -0.396 e. The summed E-state index contributed by atoms with van der Waals surface area (Å²) in [5.74, 6) is 0.166. The van der Waals surface area contributed by atoms with Gasteiger partial charge in [-0.2, -0.15) is 14.5 Å². The van der Waals surface area contributed by atoms with Crippen LogP contribution >= 0.6 is 0 Å². The summed E-state index contributed by atoms with van der Waals surface area (Å²) in [5, 5.41) is 18.4. The number of hydrogen-bond donors (Lipinski definition) is 1. The first-order valence-electron chi connectivity index (χ1n) is 9.28. The van der Waals surface area contributed by atoms with Crippen LogP contribution < -0.4 is 0 Å². The average Bonchev–Trinajstić information content (AvgIpc) is 3.25. The SMILES string of the molecule is Cc1nn(CC(C)C)c(C)c1S(=O)(=O)N1C[C@@H](CO)[C@H](c2cnn(C)c2)C1. The Bertz CT molecular complexity index is 916. The summed E-state index contributed by atoms with van der Waals surface area (Å²) in [6, 6.07) is 0. The van der Waals surface area contributed by atoms with Gasteiger partial charge in [-0.05, 0) is 25.3 Å². The van der Waals surface area contributed by atoms with E-state index < -0.39 is 10.0 Å². The molecule has 27 heavy (non-hydrogen) atoms. The Hall–Kier alpha value is -1.71. The monoisotopic (exact) mass is 395 g/mol. The van der Waals surface area contributed by atoms with Gasteiger partial charge in [0.25, 0.3) is 0 Å². The molecular weight excluding hydrogens is 366 g/mol. The molecule has 0 radical (unpaired) electrons. The van der Waals surface area contributed by atoms with Crippen molar-refractivity contribution in [2.24, 2.45) is 18.9 Å². The maximum absolute atomic E-state index is 13.4. The van der Waals surface area contributed by atoms with Crippen molar-refractivity contribution >= 4 is 10.0 Å². The van der Waals surface area contributed by atoms with Gasteiger partial charge in [0.1, 0.15) is 4.90 Å². The van der Waals surface area contributed by atoms with Gasteiger partial charge in [0.05, 0.1) is 17.6 Å². The number of aromatic nitrogens is 4. The predicted molar refractivity (Wildman–Crippen MR) is 102 cm³/mol. The number of aliphatic hydroxyl groups is 1. The summed E-state index contributed by atoms with van der Waals surface area (Å²) in [6.07, 6.45) is 3.64. The van der Waals surface area contributed by atoms with E-state index in [9.17, 15) is 13.5 Å². The molecule has 3 rings (SSSR count). The van der Waals surface area contributed by atoms with Gasteiger partial charge >= 0.3 is 0 Å². The number of nitrogens with zero attached hydrogens (tertiary/aromatic N) is 5. The van der Waals surface area contributed by atoms with Crippen molar-refractivity contribution in [2.45, 2.75) is 45.1 Å². The minimum absolute atomic E-state index is 0.0594. The quantitative estimate of drug-likeness (QED) is 0.795. The Labute approximate surface area is 160 Å². The van der Waals surface area contributed by atoms with Crippen LogP contribution in [-0.2, 0) is 23.6 Å². The van der Waals surface area contributed by atoms with Crippen LogP contribution in [0.3, 0.4) is 0 Å². The van der Waals surface area contributed by atoms with E-state index in [1.807, 2.05) is 20.2 Å². The Balaban J connectivity index is 1.93. The molecule has 0 saturated carbocycles. The van der Waals surface area contributed by atoms with E-state index in [1.165, 1.54) is 4.31 Å². The van der Waals surface area contributed by atoms with Crippen LogP contribution in [-0.4, -0.2) is 57.1 Å². The minimum atomic E-state index is -3.68. The lowest BCUT2D eigenvalue weighted by molar-refractivity contribution is 0.223. The van der Waals surface area contributed by atoms with Crippen LogP contribution in [0.15, 0.2) is 17.3 Å². The first-order valence-corrected chi connectivity index (χ1v) is 10.7. The summed E-state index contributed by atoms with van der Waals surface area (Å²) < 4.78 is 31.7. The van der Waals surface area contributed by atoms with Gasteiger partial charge in [-0.1, -0.05) is 13.8 Å². The smallest absolute Gasteiger partial charge is 0.246 e. The molecule has 0 spiro atoms. The van der Waals surface area contributed by atoms with E-state index in [4.69, 9.17) is 0 Å². The third kappa shape index (κ3) is 3.68. The lowest BCUT2D eigenvalue weighted by atomic mass is 9.92. The number of hydrogen-bond acceptors (Lipinski definition) is 5. The van der Waals surface area contributed by atoms with Crippen LogP contribution in [0.2, 0.25) is 0 Å². The van der Waals surface area contributed by atoms with Crippen molar-refractivity contribution in [3.8, 4) is 0 Å². The molecule has 150 valence electrons. The fraction of sp³-hybridized carbons (Fsp3) is 0.667. The zero-order chi connectivity index (χ0) is 19.9. The molecule has 3 heterocycles. The molecule has 0 bridgehead atoms. The van der Waals surface area contributed by atoms with E-state index in [1.54, 1.807) is 22.5 Å². The van der Waals surface area contributed by atoms with Gasteiger partial charge in [-0.3, -0.25) is 9.36 Å². The fourth-order valence-corrected chi connectivity index (χ4v) is 5.82. The van der Waals surface area contributed by atoms with Gasteiger partial charge in [0.15, 0.2) is 0 Å². The van der Waals surface area contributed by atoms with Crippen molar-refractivity contribution < 1.29 is 13.5 Å². The van der Waals surface area contributed by atoms with Gasteiger partial charge in [-0.25, -0.2) is 8.42 Å². The highest BCUT2D eigenvalue weighted by molar-refractivity contribution is 7.89. The molecule has 1 saturated heterocycles. The molecule has 1 aliphatic heterocycles. The first kappa shape index (κ1) is 20.0. The van der Waals surface area contributed by atoms with Crippen molar-refractivity contribution in [3.05, 3.63) is 29.3 Å². The van der Waals surface area contributed by atoms with E-state index in [-0.39, 0.29) is 18.4 Å². The molecule has 0 unspecified atom stereocenters. The molecule has 2 atom stereocenters.